The summed E-state index contributed by atoms with van der Waals surface area (Å²) in [6.45, 7) is 4.02. The number of carbonyl (C=O) groups excluding carboxylic acids is 4. The number of phenolic OH excluding ortho intramolecular Hbond substituents is 1. The zero-order valence-electron chi connectivity index (χ0n) is 21.8. The van der Waals surface area contributed by atoms with E-state index in [1.165, 1.54) is 12.1 Å². The van der Waals surface area contributed by atoms with Crippen molar-refractivity contribution in [3.63, 3.8) is 0 Å². The van der Waals surface area contributed by atoms with Crippen LogP contribution in [0.25, 0.3) is 0 Å². The van der Waals surface area contributed by atoms with Crippen molar-refractivity contribution in [2.75, 3.05) is 6.54 Å². The van der Waals surface area contributed by atoms with Crippen LogP contribution in [0.1, 0.15) is 51.5 Å². The van der Waals surface area contributed by atoms with E-state index in [4.69, 9.17) is 17.2 Å². The van der Waals surface area contributed by atoms with E-state index in [1.807, 2.05) is 13.8 Å². The average molecular weight is 537 g/mol. The van der Waals surface area contributed by atoms with Gasteiger partial charge in [0.1, 0.15) is 23.9 Å². The Labute approximate surface area is 221 Å². The number of nitrogens with two attached hydrogens (primary N) is 3. The summed E-state index contributed by atoms with van der Waals surface area (Å²) in [6.07, 6.45) is 0.900. The third-order valence-corrected chi connectivity index (χ3v) is 5.67. The Balaban J connectivity index is 2.95. The van der Waals surface area contributed by atoms with E-state index >= 15 is 0 Å². The first-order valence-corrected chi connectivity index (χ1v) is 12.5. The third kappa shape index (κ3) is 12.0. The SMILES string of the molecule is CC(C)CC(NC(=O)C(N)Cc1ccc(O)cc1)C(=O)NC(CC(N)=O)C(=O)NC(CCCCN)C(=O)O. The number of benzene rings is 1. The van der Waals surface area contributed by atoms with Gasteiger partial charge in [0.2, 0.25) is 23.6 Å². The quantitative estimate of drug-likeness (QED) is 0.112. The Kier molecular flexibility index (Phi) is 13.8. The number of hydrogen-bond acceptors (Lipinski definition) is 8. The summed E-state index contributed by atoms with van der Waals surface area (Å²) in [5.41, 5.74) is 17.4. The van der Waals surface area contributed by atoms with E-state index in [0.29, 0.717) is 24.9 Å². The predicted octanol–water partition coefficient (Wildman–Crippen LogP) is -1.15. The van der Waals surface area contributed by atoms with Gasteiger partial charge in [-0.25, -0.2) is 4.79 Å². The Morgan fingerprint density at radius 1 is 0.868 bits per heavy atom. The summed E-state index contributed by atoms with van der Waals surface area (Å²) in [6, 6.07) is 1.38. The number of rotatable bonds is 17. The molecule has 0 spiro atoms. The molecule has 1 aromatic carbocycles. The molecular weight excluding hydrogens is 496 g/mol. The molecule has 0 heterocycles. The topological polar surface area (TPSA) is 240 Å². The lowest BCUT2D eigenvalue weighted by molar-refractivity contribution is -0.142. The molecule has 0 bridgehead atoms. The minimum absolute atomic E-state index is 0.0401. The van der Waals surface area contributed by atoms with Gasteiger partial charge in [-0.2, -0.15) is 0 Å². The molecule has 13 nitrogen and oxygen atoms in total. The molecule has 0 aliphatic heterocycles. The summed E-state index contributed by atoms with van der Waals surface area (Å²) in [7, 11) is 0. The average Bonchev–Trinajstić information content (AvgIpc) is 2.83. The van der Waals surface area contributed by atoms with Crippen molar-refractivity contribution >= 4 is 29.6 Å². The van der Waals surface area contributed by atoms with E-state index < -0.39 is 60.2 Å². The Morgan fingerprint density at radius 3 is 1.95 bits per heavy atom. The summed E-state index contributed by atoms with van der Waals surface area (Å²) < 4.78 is 0. The first kappa shape index (κ1) is 32.3. The summed E-state index contributed by atoms with van der Waals surface area (Å²) >= 11 is 0. The van der Waals surface area contributed by atoms with Gasteiger partial charge in [-0.15, -0.1) is 0 Å². The molecule has 212 valence electrons. The maximum absolute atomic E-state index is 13.1. The van der Waals surface area contributed by atoms with Crippen LogP contribution in [0.3, 0.4) is 0 Å². The molecule has 13 heteroatoms. The van der Waals surface area contributed by atoms with E-state index in [9.17, 15) is 34.2 Å². The van der Waals surface area contributed by atoms with E-state index in [-0.39, 0.29) is 30.9 Å². The van der Waals surface area contributed by atoms with Crippen LogP contribution in [0.5, 0.6) is 5.75 Å². The summed E-state index contributed by atoms with van der Waals surface area (Å²) in [5, 5.41) is 26.2. The van der Waals surface area contributed by atoms with Gasteiger partial charge in [0.05, 0.1) is 12.5 Å². The van der Waals surface area contributed by atoms with Gasteiger partial charge in [0.15, 0.2) is 0 Å². The molecule has 0 aliphatic carbocycles. The van der Waals surface area contributed by atoms with Crippen LogP contribution in [-0.4, -0.2) is 70.5 Å². The van der Waals surface area contributed by atoms with Crippen LogP contribution >= 0.6 is 0 Å². The Hall–Kier alpha value is -3.71. The lowest BCUT2D eigenvalue weighted by Gasteiger charge is -2.25. The van der Waals surface area contributed by atoms with Crippen molar-refractivity contribution in [3.8, 4) is 5.75 Å². The van der Waals surface area contributed by atoms with Crippen LogP contribution in [-0.2, 0) is 30.4 Å². The monoisotopic (exact) mass is 536 g/mol. The minimum Gasteiger partial charge on any atom is -0.508 e. The lowest BCUT2D eigenvalue weighted by Crippen LogP contribution is -2.58. The first-order valence-electron chi connectivity index (χ1n) is 12.5. The number of hydrogen-bond donors (Lipinski definition) is 8. The highest BCUT2D eigenvalue weighted by Crippen LogP contribution is 2.12. The van der Waals surface area contributed by atoms with Crippen LogP contribution in [0.2, 0.25) is 0 Å². The van der Waals surface area contributed by atoms with Crippen molar-refractivity contribution in [2.45, 2.75) is 76.5 Å². The smallest absolute Gasteiger partial charge is 0.326 e. The van der Waals surface area contributed by atoms with E-state index in [2.05, 4.69) is 16.0 Å². The van der Waals surface area contributed by atoms with E-state index in [1.54, 1.807) is 12.1 Å². The van der Waals surface area contributed by atoms with Crippen LogP contribution in [0.15, 0.2) is 24.3 Å². The van der Waals surface area contributed by atoms with Crippen molar-refractivity contribution in [2.24, 2.45) is 23.1 Å². The van der Waals surface area contributed by atoms with Gasteiger partial charge in [-0.3, -0.25) is 19.2 Å². The van der Waals surface area contributed by atoms with Crippen molar-refractivity contribution < 1.29 is 34.2 Å². The molecule has 1 aromatic rings. The molecule has 38 heavy (non-hydrogen) atoms. The molecule has 4 unspecified atom stereocenters. The van der Waals surface area contributed by atoms with Crippen LogP contribution in [0.4, 0.5) is 0 Å². The van der Waals surface area contributed by atoms with Crippen LogP contribution < -0.4 is 33.2 Å². The number of carboxylic acid groups (broad SMARTS) is 1. The molecule has 0 fully saturated rings. The van der Waals surface area contributed by atoms with Crippen LogP contribution in [0, 0.1) is 5.92 Å². The number of carbonyl (C=O) groups is 5. The fraction of sp³-hybridized carbons (Fsp3) is 0.560. The zero-order valence-corrected chi connectivity index (χ0v) is 21.8. The maximum Gasteiger partial charge on any atom is 0.326 e. The molecule has 11 N–H and O–H groups in total. The highest BCUT2D eigenvalue weighted by Gasteiger charge is 2.31. The van der Waals surface area contributed by atoms with E-state index in [0.717, 1.165) is 0 Å². The molecule has 4 atom stereocenters. The molecule has 0 aliphatic rings. The maximum atomic E-state index is 13.1. The molecule has 0 saturated carbocycles. The Morgan fingerprint density at radius 2 is 1.42 bits per heavy atom. The normalized spacial score (nSPS) is 14.1. The fourth-order valence-electron chi connectivity index (χ4n) is 3.67. The molecule has 0 radical (unpaired) electrons. The molecule has 0 aromatic heterocycles. The minimum atomic E-state index is -1.45. The second-order valence-electron chi connectivity index (χ2n) is 9.58. The number of unbranched alkanes of at least 4 members (excludes halogenated alkanes) is 1. The van der Waals surface area contributed by atoms with Crippen molar-refractivity contribution in [1.29, 1.82) is 0 Å². The largest absolute Gasteiger partial charge is 0.508 e. The molecule has 1 rings (SSSR count). The van der Waals surface area contributed by atoms with Crippen molar-refractivity contribution in [3.05, 3.63) is 29.8 Å². The second kappa shape index (κ2) is 16.2. The highest BCUT2D eigenvalue weighted by molar-refractivity contribution is 5.96. The van der Waals surface area contributed by atoms with Gasteiger partial charge >= 0.3 is 5.97 Å². The number of amides is 4. The van der Waals surface area contributed by atoms with Gasteiger partial charge < -0.3 is 43.4 Å². The van der Waals surface area contributed by atoms with Gasteiger partial charge in [-0.1, -0.05) is 26.0 Å². The number of primary amides is 1. The Bertz CT molecular complexity index is 954. The first-order chi connectivity index (χ1) is 17.8. The summed E-state index contributed by atoms with van der Waals surface area (Å²) in [4.78, 5) is 61.8. The standard InChI is InChI=1S/C25H40N6O7/c1-14(2)11-19(30-22(34)17(27)12-15-6-8-16(32)9-7-15)23(35)31-20(13-21(28)33)24(36)29-18(25(37)38)5-3-4-10-26/h6-9,14,17-20,32H,3-5,10-13,26-27H2,1-2H3,(H2,28,33)(H,29,36)(H,30,34)(H,31,35)(H,37,38). The molecule has 4 amide bonds. The third-order valence-electron chi connectivity index (χ3n) is 5.67. The second-order valence-corrected chi connectivity index (χ2v) is 9.58. The summed E-state index contributed by atoms with van der Waals surface area (Å²) in [5.74, 6) is -4.38. The van der Waals surface area contributed by atoms with Crippen molar-refractivity contribution in [1.82, 2.24) is 16.0 Å². The highest BCUT2D eigenvalue weighted by atomic mass is 16.4. The zero-order chi connectivity index (χ0) is 28.8. The lowest BCUT2D eigenvalue weighted by atomic mass is 10.0. The molecule has 0 saturated heterocycles. The van der Waals surface area contributed by atoms with Gasteiger partial charge in [-0.05, 0) is 62.3 Å². The molecular formula is C25H40N6O7. The van der Waals surface area contributed by atoms with Gasteiger partial charge in [0, 0.05) is 0 Å². The number of phenols is 1. The number of carboxylic acids is 1. The fourth-order valence-corrected chi connectivity index (χ4v) is 3.67. The number of aromatic hydroxyl groups is 1. The number of nitrogens with one attached hydrogen (secondary N) is 3. The number of aliphatic carboxylic acids is 1. The van der Waals surface area contributed by atoms with Gasteiger partial charge in [0.25, 0.3) is 0 Å². The predicted molar refractivity (Wildman–Crippen MR) is 139 cm³/mol.